The minimum atomic E-state index is 0.731. The van der Waals surface area contributed by atoms with E-state index in [-0.39, 0.29) is 0 Å². The van der Waals surface area contributed by atoms with E-state index in [0.29, 0.717) is 0 Å². The quantitative estimate of drug-likeness (QED) is 0.135. The molecule has 17 aromatic carbocycles. The zero-order valence-corrected chi connectivity index (χ0v) is 70.6. The third-order valence-corrected chi connectivity index (χ3v) is 27.8. The van der Waals surface area contributed by atoms with E-state index in [1.54, 1.807) is 34.0 Å². The molecule has 0 amide bonds. The smallest absolute Gasteiger partial charge is 0.161 e. The fraction of sp³-hybridized carbons (Fsp3) is 0. The summed E-state index contributed by atoms with van der Waals surface area (Å²) >= 11 is 5.19. The molecule has 0 aliphatic carbocycles. The van der Waals surface area contributed by atoms with E-state index < -0.39 is 0 Å². The predicted molar refractivity (Wildman–Crippen MR) is 535 cm³/mol. The number of benzene rings is 17. The molecule has 0 aliphatic heterocycles. The molecule has 0 unspecified atom stereocenters. The first-order valence-corrected chi connectivity index (χ1v) is 45.0. The molecule has 0 bridgehead atoms. The molecule has 0 radical (unpaired) electrons. The first-order chi connectivity index (χ1) is 63.0. The zero-order chi connectivity index (χ0) is 83.6. The minimum Gasteiger partial charge on any atom is -0.309 e. The van der Waals surface area contributed by atoms with Gasteiger partial charge in [0.1, 0.15) is 14.5 Å². The molecule has 27 aromatic rings. The van der Waals surface area contributed by atoms with Gasteiger partial charge in [0.25, 0.3) is 0 Å². The van der Waals surface area contributed by atoms with E-state index in [1.165, 1.54) is 112 Å². The van der Waals surface area contributed by atoms with Crippen molar-refractivity contribution in [3.8, 4) is 90.7 Å². The highest BCUT2D eigenvalue weighted by Crippen LogP contribution is 2.46. The molecule has 13 heteroatoms. The van der Waals surface area contributed by atoms with Gasteiger partial charge in [0, 0.05) is 146 Å². The largest absolute Gasteiger partial charge is 0.309 e. The zero-order valence-electron chi connectivity index (χ0n) is 68.1. The Morgan fingerprint density at radius 1 is 0.157 bits per heavy atom. The van der Waals surface area contributed by atoms with Crippen LogP contribution in [0.3, 0.4) is 0 Å². The standard InChI is InChI=1S/C46H28N4S.2C34H21N3S/c1-2-12-31(13-3-1)49-40-20-10-6-16-35(40)37-28-30(24-27-41(37)49)45-47-44(43-36-17-7-11-21-42(36)51-46(43)48-45)29-22-25-32(26-23-29)50-38-18-8-4-14-33(38)34-15-5-9-19-39(34)50;1-2-11-22(12-3-1)32-31-27-17-6-9-20-30(27)38-34(31)36-33(35-32)23-13-10-14-24(21-23)37-28-18-7-4-15-25(28)26-16-5-8-19-29(26)37;1-2-10-22(11-3-1)32-31-27-14-6-9-17-30(27)38-34(31)36-33(35-32)23-18-20-24(21-19-23)37-28-15-7-4-12-25(28)26-13-5-8-16-29(26)37/h1-28H;2*1-21H. The van der Waals surface area contributed by atoms with E-state index in [0.717, 1.165) is 127 Å². The van der Waals surface area contributed by atoms with Crippen LogP contribution < -0.4 is 0 Å². The highest BCUT2D eigenvalue weighted by Gasteiger charge is 2.25. The maximum atomic E-state index is 5.39. The van der Waals surface area contributed by atoms with Crippen molar-refractivity contribution in [2.75, 3.05) is 0 Å². The molecule has 10 nitrogen and oxygen atoms in total. The van der Waals surface area contributed by atoms with Crippen molar-refractivity contribution in [2.24, 2.45) is 0 Å². The van der Waals surface area contributed by atoms with E-state index in [2.05, 4.69) is 431 Å². The molecule has 0 spiro atoms. The van der Waals surface area contributed by atoms with Crippen molar-refractivity contribution >= 4 is 182 Å². The third kappa shape index (κ3) is 12.4. The number of hydrogen-bond acceptors (Lipinski definition) is 9. The molecule has 127 heavy (non-hydrogen) atoms. The Bertz CT molecular complexity index is 8870. The minimum absolute atomic E-state index is 0.731. The van der Waals surface area contributed by atoms with E-state index in [4.69, 9.17) is 29.9 Å². The first-order valence-electron chi connectivity index (χ1n) is 42.5. The molecule has 0 saturated heterocycles. The molecule has 27 rings (SSSR count). The maximum Gasteiger partial charge on any atom is 0.161 e. The Labute approximate surface area is 740 Å². The third-order valence-electron chi connectivity index (χ3n) is 24.6. The molecule has 0 N–H and O–H groups in total. The number of hydrogen-bond donors (Lipinski definition) is 0. The average Bonchev–Trinajstić information content (AvgIpc) is 1.63. The Morgan fingerprint density at radius 3 is 0.772 bits per heavy atom. The van der Waals surface area contributed by atoms with Crippen LogP contribution in [-0.4, -0.2) is 48.2 Å². The molecule has 0 saturated carbocycles. The van der Waals surface area contributed by atoms with Crippen molar-refractivity contribution in [2.45, 2.75) is 0 Å². The van der Waals surface area contributed by atoms with E-state index in [1.807, 2.05) is 12.1 Å². The van der Waals surface area contributed by atoms with Crippen molar-refractivity contribution in [3.05, 3.63) is 425 Å². The molecule has 10 aromatic heterocycles. The van der Waals surface area contributed by atoms with Gasteiger partial charge in [0.15, 0.2) is 17.5 Å². The Balaban J connectivity index is 0.000000105. The second kappa shape index (κ2) is 30.4. The van der Waals surface area contributed by atoms with Crippen molar-refractivity contribution in [1.29, 1.82) is 0 Å². The van der Waals surface area contributed by atoms with Gasteiger partial charge in [-0.15, -0.1) is 34.0 Å². The molecule has 594 valence electrons. The van der Waals surface area contributed by atoms with Crippen LogP contribution in [0.25, 0.3) is 239 Å². The summed E-state index contributed by atoms with van der Waals surface area (Å²) < 4.78 is 13.0. The monoisotopic (exact) mass is 1670 g/mol. The number of aromatic nitrogens is 10. The highest BCUT2D eigenvalue weighted by molar-refractivity contribution is 7.26. The Kier molecular flexibility index (Phi) is 17.6. The lowest BCUT2D eigenvalue weighted by Gasteiger charge is -2.11. The number of nitrogens with zero attached hydrogens (tertiary/aromatic N) is 10. The van der Waals surface area contributed by atoms with Crippen LogP contribution >= 0.6 is 34.0 Å². The van der Waals surface area contributed by atoms with Crippen molar-refractivity contribution in [3.63, 3.8) is 0 Å². The summed E-state index contributed by atoms with van der Waals surface area (Å²) in [6.07, 6.45) is 0. The normalized spacial score (nSPS) is 11.8. The second-order valence-corrected chi connectivity index (χ2v) is 35.0. The van der Waals surface area contributed by atoms with Gasteiger partial charge in [-0.3, -0.25) is 0 Å². The van der Waals surface area contributed by atoms with Crippen LogP contribution in [0, 0.1) is 0 Å². The van der Waals surface area contributed by atoms with Gasteiger partial charge in [0.05, 0.1) is 61.2 Å². The number of thiophene rings is 3. The van der Waals surface area contributed by atoms with Crippen LogP contribution in [0.4, 0.5) is 0 Å². The number of rotatable bonds is 10. The number of para-hydroxylation sites is 8. The summed E-state index contributed by atoms with van der Waals surface area (Å²) in [5.41, 5.74) is 23.2. The summed E-state index contributed by atoms with van der Waals surface area (Å²) in [6.45, 7) is 0. The summed E-state index contributed by atoms with van der Waals surface area (Å²) in [6, 6.07) is 150. The van der Waals surface area contributed by atoms with E-state index >= 15 is 0 Å². The van der Waals surface area contributed by atoms with Gasteiger partial charge < -0.3 is 18.3 Å². The number of fused-ring (bicyclic) bond motifs is 21. The topological polar surface area (TPSA) is 97.1 Å². The molecule has 0 atom stereocenters. The van der Waals surface area contributed by atoms with Crippen molar-refractivity contribution < 1.29 is 0 Å². The molecule has 0 aliphatic rings. The lowest BCUT2D eigenvalue weighted by Crippen LogP contribution is -1.97. The van der Waals surface area contributed by atoms with Crippen molar-refractivity contribution in [1.82, 2.24) is 48.2 Å². The van der Waals surface area contributed by atoms with Crippen LogP contribution in [0.15, 0.2) is 425 Å². The van der Waals surface area contributed by atoms with Gasteiger partial charge in [-0.2, -0.15) is 0 Å². The average molecular weight is 1680 g/mol. The summed E-state index contributed by atoms with van der Waals surface area (Å²) in [7, 11) is 0. The Morgan fingerprint density at radius 2 is 0.402 bits per heavy atom. The van der Waals surface area contributed by atoms with Gasteiger partial charge in [0.2, 0.25) is 0 Å². The van der Waals surface area contributed by atoms with Crippen LogP contribution in [0.5, 0.6) is 0 Å². The highest BCUT2D eigenvalue weighted by atomic mass is 32.1. The van der Waals surface area contributed by atoms with E-state index in [9.17, 15) is 0 Å². The van der Waals surface area contributed by atoms with Crippen LogP contribution in [0.1, 0.15) is 0 Å². The van der Waals surface area contributed by atoms with Gasteiger partial charge in [-0.25, -0.2) is 29.9 Å². The van der Waals surface area contributed by atoms with Gasteiger partial charge in [-0.1, -0.05) is 285 Å². The molecule has 0 fully saturated rings. The molecule has 10 heterocycles. The molecular formula is C114H70N10S3. The summed E-state index contributed by atoms with van der Waals surface area (Å²) in [5, 5.41) is 16.9. The predicted octanol–water partition coefficient (Wildman–Crippen LogP) is 30.9. The molecular weight excluding hydrogens is 1610 g/mol. The summed E-state index contributed by atoms with van der Waals surface area (Å²) in [4.78, 5) is 34.2. The fourth-order valence-corrected chi connectivity index (χ4v) is 22.2. The first kappa shape index (κ1) is 73.5. The SMILES string of the molecule is c1ccc(-c2nc(-c3ccc(-n4c5ccccc5c5ccccc54)cc3)nc3sc4ccccc4c23)cc1.c1ccc(-c2nc(-c3cccc(-n4c5ccccc5c5ccccc54)c3)nc3sc4ccccc4c23)cc1.c1ccc(-n2c3ccccc3c3cc(-c4nc(-c5ccc(-n6c7ccccc7c7ccccc76)cc5)c5c(n4)sc4ccccc45)ccc32)cc1. The van der Waals surface area contributed by atoms with Crippen LogP contribution in [0.2, 0.25) is 0 Å². The van der Waals surface area contributed by atoms with Gasteiger partial charge in [-0.05, 0) is 140 Å². The summed E-state index contributed by atoms with van der Waals surface area (Å²) in [5.74, 6) is 2.22. The lowest BCUT2D eigenvalue weighted by atomic mass is 10.0. The lowest BCUT2D eigenvalue weighted by molar-refractivity contribution is 1.17. The second-order valence-electron chi connectivity index (χ2n) is 31.9. The maximum absolute atomic E-state index is 5.39. The fourth-order valence-electron chi connectivity index (χ4n) is 19.0. The Hall–Kier alpha value is -16.2. The van der Waals surface area contributed by atoms with Crippen LogP contribution in [-0.2, 0) is 0 Å². The van der Waals surface area contributed by atoms with Gasteiger partial charge >= 0.3 is 0 Å².